The van der Waals surface area contributed by atoms with Gasteiger partial charge in [-0.2, -0.15) is 0 Å². The van der Waals surface area contributed by atoms with Gasteiger partial charge in [0.2, 0.25) is 11.8 Å². The summed E-state index contributed by atoms with van der Waals surface area (Å²) in [6.45, 7) is 0.0901. The lowest BCUT2D eigenvalue weighted by Gasteiger charge is -2.44. The Morgan fingerprint density at radius 2 is 1.65 bits per heavy atom. The van der Waals surface area contributed by atoms with E-state index in [9.17, 15) is 14.7 Å². The molecular formula is C16H25NO3. The SMILES string of the molecule is O=C1CC2(CCCCC2)CC(=O)N1C1CCCC1CO. The molecule has 1 heterocycles. The molecule has 2 aliphatic carbocycles. The van der Waals surface area contributed by atoms with E-state index in [0.29, 0.717) is 12.8 Å². The molecule has 4 heteroatoms. The predicted octanol–water partition coefficient (Wildman–Crippen LogP) is 2.25. The van der Waals surface area contributed by atoms with Gasteiger partial charge in [0.15, 0.2) is 0 Å². The van der Waals surface area contributed by atoms with Gasteiger partial charge in [0.05, 0.1) is 0 Å². The quantitative estimate of drug-likeness (QED) is 0.789. The third-order valence-corrected chi connectivity index (χ3v) is 5.69. The topological polar surface area (TPSA) is 57.6 Å². The van der Waals surface area contributed by atoms with Crippen LogP contribution < -0.4 is 0 Å². The molecule has 3 fully saturated rings. The van der Waals surface area contributed by atoms with Crippen molar-refractivity contribution < 1.29 is 14.7 Å². The highest BCUT2D eigenvalue weighted by Crippen LogP contribution is 2.46. The third kappa shape index (κ3) is 2.39. The number of likely N-dealkylation sites (tertiary alicyclic amines) is 1. The van der Waals surface area contributed by atoms with Crippen LogP contribution in [-0.2, 0) is 9.59 Å². The standard InChI is InChI=1S/C16H25NO3/c18-11-12-5-4-6-13(12)17-14(19)9-16(10-15(17)20)7-2-1-3-8-16/h12-13,18H,1-11H2. The van der Waals surface area contributed by atoms with Crippen LogP contribution in [0.3, 0.4) is 0 Å². The van der Waals surface area contributed by atoms with Gasteiger partial charge in [-0.15, -0.1) is 0 Å². The molecule has 3 rings (SSSR count). The second-order valence-corrected chi connectivity index (χ2v) is 7.01. The highest BCUT2D eigenvalue weighted by atomic mass is 16.3. The van der Waals surface area contributed by atoms with Crippen molar-refractivity contribution in [3.05, 3.63) is 0 Å². The number of imide groups is 1. The fraction of sp³-hybridized carbons (Fsp3) is 0.875. The summed E-state index contributed by atoms with van der Waals surface area (Å²) in [7, 11) is 0. The van der Waals surface area contributed by atoms with E-state index >= 15 is 0 Å². The van der Waals surface area contributed by atoms with Crippen LogP contribution in [0.1, 0.15) is 64.2 Å². The molecule has 1 spiro atoms. The van der Waals surface area contributed by atoms with Gasteiger partial charge < -0.3 is 5.11 Å². The first kappa shape index (κ1) is 14.1. The summed E-state index contributed by atoms with van der Waals surface area (Å²) in [5.41, 5.74) is -0.0315. The number of rotatable bonds is 2. The van der Waals surface area contributed by atoms with E-state index in [4.69, 9.17) is 0 Å². The predicted molar refractivity (Wildman–Crippen MR) is 74.8 cm³/mol. The van der Waals surface area contributed by atoms with Crippen molar-refractivity contribution in [1.82, 2.24) is 4.90 Å². The molecule has 0 aromatic carbocycles. The van der Waals surface area contributed by atoms with Crippen molar-refractivity contribution in [3.8, 4) is 0 Å². The summed E-state index contributed by atoms with van der Waals surface area (Å²) in [6.07, 6.45) is 9.53. The minimum Gasteiger partial charge on any atom is -0.396 e. The number of carbonyl (C=O) groups is 2. The van der Waals surface area contributed by atoms with Crippen LogP contribution in [0.25, 0.3) is 0 Å². The molecule has 20 heavy (non-hydrogen) atoms. The zero-order valence-electron chi connectivity index (χ0n) is 12.1. The smallest absolute Gasteiger partial charge is 0.230 e. The molecule has 3 aliphatic rings. The maximum atomic E-state index is 12.6. The molecule has 4 nitrogen and oxygen atoms in total. The van der Waals surface area contributed by atoms with Crippen molar-refractivity contribution in [2.45, 2.75) is 70.3 Å². The van der Waals surface area contributed by atoms with Gasteiger partial charge in [-0.3, -0.25) is 14.5 Å². The van der Waals surface area contributed by atoms with E-state index < -0.39 is 0 Å². The van der Waals surface area contributed by atoms with Crippen LogP contribution in [0.15, 0.2) is 0 Å². The Labute approximate surface area is 120 Å². The molecule has 0 aromatic heterocycles. The van der Waals surface area contributed by atoms with Crippen LogP contribution in [0, 0.1) is 11.3 Å². The highest BCUT2D eigenvalue weighted by molar-refractivity contribution is 5.99. The highest BCUT2D eigenvalue weighted by Gasteiger charge is 2.47. The Balaban J connectivity index is 1.75. The number of amides is 2. The second kappa shape index (κ2) is 5.47. The molecule has 2 atom stereocenters. The molecule has 2 unspecified atom stereocenters. The largest absolute Gasteiger partial charge is 0.396 e. The Kier molecular flexibility index (Phi) is 3.85. The van der Waals surface area contributed by atoms with Crippen molar-refractivity contribution in [2.24, 2.45) is 11.3 Å². The van der Waals surface area contributed by atoms with Gasteiger partial charge >= 0.3 is 0 Å². The van der Waals surface area contributed by atoms with Crippen LogP contribution >= 0.6 is 0 Å². The molecule has 1 saturated heterocycles. The molecule has 112 valence electrons. The summed E-state index contributed by atoms with van der Waals surface area (Å²) in [4.78, 5) is 26.6. The van der Waals surface area contributed by atoms with Gasteiger partial charge in [-0.05, 0) is 31.1 Å². The molecule has 0 bridgehead atoms. The van der Waals surface area contributed by atoms with Crippen LogP contribution in [0.2, 0.25) is 0 Å². The fourth-order valence-corrected chi connectivity index (χ4v) is 4.61. The molecular weight excluding hydrogens is 254 g/mol. The van der Waals surface area contributed by atoms with E-state index in [1.165, 1.54) is 11.3 Å². The van der Waals surface area contributed by atoms with Crippen LogP contribution in [0.5, 0.6) is 0 Å². The number of piperidine rings is 1. The van der Waals surface area contributed by atoms with E-state index in [-0.39, 0.29) is 35.8 Å². The summed E-state index contributed by atoms with van der Waals surface area (Å²) in [5.74, 6) is 0.144. The zero-order valence-corrected chi connectivity index (χ0v) is 12.1. The molecule has 0 radical (unpaired) electrons. The van der Waals surface area contributed by atoms with Crippen LogP contribution in [0.4, 0.5) is 0 Å². The Morgan fingerprint density at radius 1 is 1.00 bits per heavy atom. The maximum Gasteiger partial charge on any atom is 0.230 e. The monoisotopic (exact) mass is 279 g/mol. The lowest BCUT2D eigenvalue weighted by atomic mass is 9.67. The maximum absolute atomic E-state index is 12.6. The minimum absolute atomic E-state index is 0.0218. The lowest BCUT2D eigenvalue weighted by molar-refractivity contribution is -0.158. The fourth-order valence-electron chi connectivity index (χ4n) is 4.61. The number of aliphatic hydroxyl groups is 1. The van der Waals surface area contributed by atoms with Crippen LogP contribution in [-0.4, -0.2) is 34.5 Å². The number of hydrogen-bond acceptors (Lipinski definition) is 3. The minimum atomic E-state index is -0.0408. The normalized spacial score (nSPS) is 34.0. The molecule has 1 N–H and O–H groups in total. The summed E-state index contributed by atoms with van der Waals surface area (Å²) in [5, 5.41) is 9.43. The molecule has 1 aliphatic heterocycles. The first-order chi connectivity index (χ1) is 9.65. The molecule has 2 amide bonds. The van der Waals surface area contributed by atoms with Gasteiger partial charge in [-0.25, -0.2) is 0 Å². The number of carbonyl (C=O) groups excluding carboxylic acids is 2. The van der Waals surface area contributed by atoms with Gasteiger partial charge in [0.1, 0.15) is 0 Å². The average molecular weight is 279 g/mol. The number of nitrogens with zero attached hydrogens (tertiary/aromatic N) is 1. The third-order valence-electron chi connectivity index (χ3n) is 5.69. The van der Waals surface area contributed by atoms with Crippen molar-refractivity contribution in [1.29, 1.82) is 0 Å². The van der Waals surface area contributed by atoms with Crippen molar-refractivity contribution in [2.75, 3.05) is 6.61 Å². The average Bonchev–Trinajstić information content (AvgIpc) is 2.86. The molecule has 0 aromatic rings. The van der Waals surface area contributed by atoms with E-state index in [1.807, 2.05) is 0 Å². The first-order valence-corrected chi connectivity index (χ1v) is 8.11. The lowest BCUT2D eigenvalue weighted by Crippen LogP contribution is -2.54. The Morgan fingerprint density at radius 3 is 2.25 bits per heavy atom. The van der Waals surface area contributed by atoms with Crippen molar-refractivity contribution >= 4 is 11.8 Å². The van der Waals surface area contributed by atoms with Gasteiger partial charge in [0, 0.05) is 31.4 Å². The zero-order chi connectivity index (χ0) is 14.2. The Bertz CT molecular complexity index is 381. The van der Waals surface area contributed by atoms with E-state index in [0.717, 1.165) is 44.9 Å². The number of aliphatic hydroxyl groups excluding tert-OH is 1. The Hall–Kier alpha value is -0.900. The van der Waals surface area contributed by atoms with E-state index in [2.05, 4.69) is 0 Å². The second-order valence-electron chi connectivity index (χ2n) is 7.01. The van der Waals surface area contributed by atoms with E-state index in [1.54, 1.807) is 0 Å². The summed E-state index contributed by atoms with van der Waals surface area (Å²) < 4.78 is 0. The van der Waals surface area contributed by atoms with Gasteiger partial charge in [0.25, 0.3) is 0 Å². The van der Waals surface area contributed by atoms with Crippen molar-refractivity contribution in [3.63, 3.8) is 0 Å². The number of hydrogen-bond donors (Lipinski definition) is 1. The first-order valence-electron chi connectivity index (χ1n) is 8.11. The van der Waals surface area contributed by atoms with Gasteiger partial charge in [-0.1, -0.05) is 25.7 Å². The summed E-state index contributed by atoms with van der Waals surface area (Å²) in [6, 6.07) is -0.0408. The molecule has 2 saturated carbocycles. The summed E-state index contributed by atoms with van der Waals surface area (Å²) >= 11 is 0.